The highest BCUT2D eigenvalue weighted by Gasteiger charge is 2.26. The number of likely N-dealkylation sites (N-methyl/N-ethyl adjacent to an activating group) is 1. The summed E-state index contributed by atoms with van der Waals surface area (Å²) >= 11 is 0. The molecule has 2 N–H and O–H groups in total. The van der Waals surface area contributed by atoms with Gasteiger partial charge >= 0.3 is 0 Å². The van der Waals surface area contributed by atoms with Crippen molar-refractivity contribution in [3.05, 3.63) is 17.5 Å². The minimum absolute atomic E-state index is 0.202. The molecule has 0 bridgehead atoms. The van der Waals surface area contributed by atoms with E-state index in [1.807, 2.05) is 0 Å². The number of hydrogen-bond acceptors (Lipinski definition) is 3. The van der Waals surface area contributed by atoms with Crippen molar-refractivity contribution in [3.8, 4) is 0 Å². The molecule has 1 fully saturated rings. The van der Waals surface area contributed by atoms with E-state index in [1.54, 1.807) is 0 Å². The van der Waals surface area contributed by atoms with E-state index in [9.17, 15) is 0 Å². The largest absolute Gasteiger partial charge is 0.311 e. The zero-order valence-corrected chi connectivity index (χ0v) is 12.1. The average Bonchev–Trinajstić information content (AvgIpc) is 2.99. The topological polar surface area (TPSA) is 44.0 Å². The third kappa shape index (κ3) is 4.42. The summed E-state index contributed by atoms with van der Waals surface area (Å²) < 4.78 is 0. The molecule has 4 heteroatoms. The van der Waals surface area contributed by atoms with E-state index in [4.69, 9.17) is 0 Å². The van der Waals surface area contributed by atoms with Crippen LogP contribution in [0.5, 0.6) is 0 Å². The van der Waals surface area contributed by atoms with E-state index >= 15 is 0 Å². The molecule has 1 saturated carbocycles. The standard InChI is InChI=1S/C14H26N4/c1-14(2,3)15-7-8-18(4)10-12-9-13(17-16-12)11-5-6-11/h9,11,15H,5-8,10H2,1-4H3,(H,16,17). The van der Waals surface area contributed by atoms with E-state index < -0.39 is 0 Å². The highest BCUT2D eigenvalue weighted by Crippen LogP contribution is 2.39. The smallest absolute Gasteiger partial charge is 0.0656 e. The summed E-state index contributed by atoms with van der Waals surface area (Å²) in [5, 5.41) is 11.0. The van der Waals surface area contributed by atoms with Gasteiger partial charge in [-0.3, -0.25) is 10.00 Å². The molecule has 0 saturated heterocycles. The molecule has 18 heavy (non-hydrogen) atoms. The fourth-order valence-electron chi connectivity index (χ4n) is 2.04. The second-order valence-corrected chi connectivity index (χ2v) is 6.51. The van der Waals surface area contributed by atoms with Gasteiger partial charge in [-0.1, -0.05) is 0 Å². The van der Waals surface area contributed by atoms with Gasteiger partial charge in [-0.2, -0.15) is 5.10 Å². The minimum atomic E-state index is 0.202. The Morgan fingerprint density at radius 3 is 2.78 bits per heavy atom. The van der Waals surface area contributed by atoms with Crippen LogP contribution in [0.2, 0.25) is 0 Å². The van der Waals surface area contributed by atoms with Gasteiger partial charge in [0.05, 0.1) is 5.69 Å². The Hall–Kier alpha value is -0.870. The molecule has 0 amide bonds. The molecule has 0 unspecified atom stereocenters. The molecule has 4 nitrogen and oxygen atoms in total. The summed E-state index contributed by atoms with van der Waals surface area (Å²) in [5.41, 5.74) is 2.69. The van der Waals surface area contributed by atoms with Gasteiger partial charge in [-0.25, -0.2) is 0 Å². The summed E-state index contributed by atoms with van der Waals surface area (Å²) in [6, 6.07) is 2.23. The number of nitrogens with one attached hydrogen (secondary N) is 2. The lowest BCUT2D eigenvalue weighted by atomic mass is 10.1. The van der Waals surface area contributed by atoms with Gasteiger partial charge in [0.1, 0.15) is 0 Å². The molecular weight excluding hydrogens is 224 g/mol. The fourth-order valence-corrected chi connectivity index (χ4v) is 2.04. The highest BCUT2D eigenvalue weighted by atomic mass is 15.2. The van der Waals surface area contributed by atoms with Crippen molar-refractivity contribution in [2.45, 2.75) is 51.6 Å². The molecule has 0 spiro atoms. The average molecular weight is 250 g/mol. The highest BCUT2D eigenvalue weighted by molar-refractivity contribution is 5.17. The van der Waals surface area contributed by atoms with Gasteiger partial charge in [0.15, 0.2) is 0 Å². The summed E-state index contributed by atoms with van der Waals surface area (Å²) in [4.78, 5) is 2.32. The predicted molar refractivity (Wildman–Crippen MR) is 74.7 cm³/mol. The quantitative estimate of drug-likeness (QED) is 0.812. The number of aromatic amines is 1. The van der Waals surface area contributed by atoms with Crippen molar-refractivity contribution in [2.24, 2.45) is 0 Å². The fraction of sp³-hybridized carbons (Fsp3) is 0.786. The van der Waals surface area contributed by atoms with Crippen LogP contribution in [0.3, 0.4) is 0 Å². The maximum absolute atomic E-state index is 4.38. The lowest BCUT2D eigenvalue weighted by Gasteiger charge is -2.23. The van der Waals surface area contributed by atoms with Gasteiger partial charge in [0, 0.05) is 36.8 Å². The number of rotatable bonds is 6. The third-order valence-corrected chi connectivity index (χ3v) is 3.24. The number of nitrogens with zero attached hydrogens (tertiary/aromatic N) is 2. The van der Waals surface area contributed by atoms with Crippen LogP contribution in [0.4, 0.5) is 0 Å². The Labute approximate surface area is 110 Å². The van der Waals surface area contributed by atoms with Crippen LogP contribution in [-0.2, 0) is 6.54 Å². The van der Waals surface area contributed by atoms with Crippen LogP contribution in [0.15, 0.2) is 6.07 Å². The van der Waals surface area contributed by atoms with Crippen molar-refractivity contribution in [1.82, 2.24) is 20.4 Å². The van der Waals surface area contributed by atoms with E-state index in [-0.39, 0.29) is 5.54 Å². The number of hydrogen-bond donors (Lipinski definition) is 2. The monoisotopic (exact) mass is 250 g/mol. The van der Waals surface area contributed by atoms with Crippen LogP contribution in [0.1, 0.15) is 50.9 Å². The van der Waals surface area contributed by atoms with Gasteiger partial charge in [-0.15, -0.1) is 0 Å². The summed E-state index contributed by atoms with van der Waals surface area (Å²) in [7, 11) is 2.15. The first kappa shape index (κ1) is 13.6. The molecule has 1 aromatic rings. The Morgan fingerprint density at radius 1 is 1.44 bits per heavy atom. The summed E-state index contributed by atoms with van der Waals surface area (Å²) in [6.07, 6.45) is 2.63. The molecular formula is C14H26N4. The van der Waals surface area contributed by atoms with Crippen molar-refractivity contribution >= 4 is 0 Å². The number of H-pyrrole nitrogens is 1. The Kier molecular flexibility index (Phi) is 4.07. The molecule has 1 aliphatic rings. The van der Waals surface area contributed by atoms with E-state index in [2.05, 4.69) is 54.3 Å². The predicted octanol–water partition coefficient (Wildman–Crippen LogP) is 2.11. The van der Waals surface area contributed by atoms with Gasteiger partial charge in [-0.05, 0) is 46.7 Å². The first-order valence-corrected chi connectivity index (χ1v) is 6.92. The zero-order valence-electron chi connectivity index (χ0n) is 12.1. The van der Waals surface area contributed by atoms with E-state index in [1.165, 1.54) is 24.2 Å². The zero-order chi connectivity index (χ0) is 13.2. The molecule has 2 rings (SSSR count). The molecule has 0 atom stereocenters. The van der Waals surface area contributed by atoms with E-state index in [0.717, 1.165) is 25.6 Å². The van der Waals surface area contributed by atoms with Gasteiger partial charge in [0.2, 0.25) is 0 Å². The first-order valence-electron chi connectivity index (χ1n) is 6.92. The van der Waals surface area contributed by atoms with Crippen molar-refractivity contribution in [1.29, 1.82) is 0 Å². The summed E-state index contributed by atoms with van der Waals surface area (Å²) in [6.45, 7) is 9.61. The van der Waals surface area contributed by atoms with E-state index in [0.29, 0.717) is 0 Å². The normalized spacial score (nSPS) is 16.5. The molecule has 1 heterocycles. The second kappa shape index (κ2) is 5.41. The Bertz CT molecular complexity index is 373. The SMILES string of the molecule is CN(CCNC(C)(C)C)Cc1cc(C2CC2)n[nH]1. The molecule has 1 aliphatic carbocycles. The molecule has 102 valence electrons. The van der Waals surface area contributed by atoms with Crippen LogP contribution in [0, 0.1) is 0 Å². The van der Waals surface area contributed by atoms with Crippen LogP contribution in [-0.4, -0.2) is 40.8 Å². The minimum Gasteiger partial charge on any atom is -0.311 e. The maximum atomic E-state index is 4.38. The Balaban J connectivity index is 1.71. The van der Waals surface area contributed by atoms with Crippen molar-refractivity contribution in [2.75, 3.05) is 20.1 Å². The lowest BCUT2D eigenvalue weighted by molar-refractivity contribution is 0.300. The molecule has 1 aromatic heterocycles. The summed E-state index contributed by atoms with van der Waals surface area (Å²) in [5.74, 6) is 0.739. The van der Waals surface area contributed by atoms with Gasteiger partial charge in [0.25, 0.3) is 0 Å². The van der Waals surface area contributed by atoms with Crippen LogP contribution >= 0.6 is 0 Å². The molecule has 0 aliphatic heterocycles. The molecule has 0 aromatic carbocycles. The van der Waals surface area contributed by atoms with Crippen molar-refractivity contribution < 1.29 is 0 Å². The number of aromatic nitrogens is 2. The Morgan fingerprint density at radius 2 is 2.17 bits per heavy atom. The lowest BCUT2D eigenvalue weighted by Crippen LogP contribution is -2.40. The third-order valence-electron chi connectivity index (χ3n) is 3.24. The second-order valence-electron chi connectivity index (χ2n) is 6.51. The maximum Gasteiger partial charge on any atom is 0.0656 e. The first-order chi connectivity index (χ1) is 8.44. The van der Waals surface area contributed by atoms with Crippen LogP contribution < -0.4 is 5.32 Å². The molecule has 0 radical (unpaired) electrons. The van der Waals surface area contributed by atoms with Crippen LogP contribution in [0.25, 0.3) is 0 Å². The van der Waals surface area contributed by atoms with Gasteiger partial charge < -0.3 is 5.32 Å². The van der Waals surface area contributed by atoms with Crippen molar-refractivity contribution in [3.63, 3.8) is 0 Å².